The molecule has 1 N–H and O–H groups in total. The third-order valence-electron chi connectivity index (χ3n) is 5.98. The van der Waals surface area contributed by atoms with Gasteiger partial charge in [-0.2, -0.15) is 0 Å². The van der Waals surface area contributed by atoms with Crippen molar-refractivity contribution in [1.29, 1.82) is 0 Å². The van der Waals surface area contributed by atoms with Gasteiger partial charge in [-0.05, 0) is 70.9 Å². The number of nitrogens with one attached hydrogen (secondary N) is 1. The maximum Gasteiger partial charge on any atom is 0.264 e. The standard InChI is InChI=1S/C32H28N2O5S/c1-36-28-17-23(19-30-31(35)34-32(40-30)33-25-11-7-4-8-12-25)13-15-26(28)39-21-24-14-16-27(29(18-24)37-2)38-20-22-9-5-3-6-10-22/h3-19H,20-21H2,1-2H3,(H,33,34,35)/b30-19+. The molecule has 4 aromatic carbocycles. The molecule has 0 unspecified atom stereocenters. The zero-order valence-electron chi connectivity index (χ0n) is 22.1. The van der Waals surface area contributed by atoms with Crippen molar-refractivity contribution in [3.05, 3.63) is 119 Å². The number of rotatable bonds is 10. The first-order valence-electron chi connectivity index (χ1n) is 12.6. The summed E-state index contributed by atoms with van der Waals surface area (Å²) in [6.07, 6.45) is 1.80. The highest BCUT2D eigenvalue weighted by atomic mass is 32.2. The van der Waals surface area contributed by atoms with Crippen LogP contribution in [0.5, 0.6) is 23.0 Å². The van der Waals surface area contributed by atoms with Gasteiger partial charge in [-0.3, -0.25) is 4.79 Å². The minimum absolute atomic E-state index is 0.191. The molecule has 7 nitrogen and oxygen atoms in total. The molecule has 1 heterocycles. The van der Waals surface area contributed by atoms with Gasteiger partial charge in [0.15, 0.2) is 28.2 Å². The molecule has 40 heavy (non-hydrogen) atoms. The summed E-state index contributed by atoms with van der Waals surface area (Å²) in [4.78, 5) is 17.5. The van der Waals surface area contributed by atoms with E-state index in [9.17, 15) is 4.79 Å². The molecular formula is C32H28N2O5S. The highest BCUT2D eigenvalue weighted by molar-refractivity contribution is 8.18. The van der Waals surface area contributed by atoms with Gasteiger partial charge in [0.25, 0.3) is 5.91 Å². The molecule has 0 aliphatic carbocycles. The Kier molecular flexibility index (Phi) is 8.68. The van der Waals surface area contributed by atoms with E-state index < -0.39 is 0 Å². The van der Waals surface area contributed by atoms with Crippen molar-refractivity contribution in [3.8, 4) is 23.0 Å². The number of aliphatic imine (C=N–C) groups is 1. The number of carbonyl (C=O) groups is 1. The summed E-state index contributed by atoms with van der Waals surface area (Å²) >= 11 is 1.30. The van der Waals surface area contributed by atoms with Crippen LogP contribution in [0.15, 0.2) is 107 Å². The Morgan fingerprint density at radius 2 is 1.35 bits per heavy atom. The molecule has 5 rings (SSSR count). The lowest BCUT2D eigenvalue weighted by Crippen LogP contribution is -2.19. The van der Waals surface area contributed by atoms with Gasteiger partial charge in [0.2, 0.25) is 0 Å². The second-order valence-electron chi connectivity index (χ2n) is 8.78. The Hall–Kier alpha value is -4.69. The molecular weight excluding hydrogens is 524 g/mol. The molecule has 0 saturated carbocycles. The Bertz CT molecular complexity index is 1540. The first-order valence-corrected chi connectivity index (χ1v) is 13.4. The van der Waals surface area contributed by atoms with Crippen molar-refractivity contribution in [1.82, 2.24) is 5.32 Å². The van der Waals surface area contributed by atoms with Gasteiger partial charge in [-0.15, -0.1) is 0 Å². The van der Waals surface area contributed by atoms with Crippen LogP contribution < -0.4 is 24.3 Å². The van der Waals surface area contributed by atoms with Crippen LogP contribution in [0.25, 0.3) is 6.08 Å². The van der Waals surface area contributed by atoms with Gasteiger partial charge >= 0.3 is 0 Å². The van der Waals surface area contributed by atoms with E-state index >= 15 is 0 Å². The minimum atomic E-state index is -0.191. The number of ether oxygens (including phenoxy) is 4. The number of methoxy groups -OCH3 is 2. The molecule has 1 fully saturated rings. The number of para-hydroxylation sites is 1. The normalized spacial score (nSPS) is 14.7. The maximum atomic E-state index is 12.5. The predicted octanol–water partition coefficient (Wildman–Crippen LogP) is 6.75. The van der Waals surface area contributed by atoms with E-state index in [0.717, 1.165) is 22.4 Å². The lowest BCUT2D eigenvalue weighted by atomic mass is 10.1. The Morgan fingerprint density at radius 3 is 2.05 bits per heavy atom. The van der Waals surface area contributed by atoms with E-state index in [0.29, 0.717) is 46.3 Å². The minimum Gasteiger partial charge on any atom is -0.493 e. The van der Waals surface area contributed by atoms with Crippen LogP contribution >= 0.6 is 11.8 Å². The first kappa shape index (κ1) is 26.9. The highest BCUT2D eigenvalue weighted by Crippen LogP contribution is 2.34. The van der Waals surface area contributed by atoms with Crippen LogP contribution in [0.2, 0.25) is 0 Å². The van der Waals surface area contributed by atoms with Gasteiger partial charge in [0.1, 0.15) is 13.2 Å². The second kappa shape index (κ2) is 12.9. The van der Waals surface area contributed by atoms with Gasteiger partial charge < -0.3 is 24.3 Å². The fraction of sp³-hybridized carbons (Fsp3) is 0.125. The van der Waals surface area contributed by atoms with Crippen molar-refractivity contribution in [2.75, 3.05) is 14.2 Å². The molecule has 8 heteroatoms. The molecule has 1 aliphatic rings. The molecule has 202 valence electrons. The fourth-order valence-corrected chi connectivity index (χ4v) is 4.80. The van der Waals surface area contributed by atoms with Crippen molar-refractivity contribution >= 4 is 34.6 Å². The van der Waals surface area contributed by atoms with Gasteiger partial charge in [0, 0.05) is 0 Å². The van der Waals surface area contributed by atoms with Crippen molar-refractivity contribution in [2.45, 2.75) is 13.2 Å². The molecule has 0 atom stereocenters. The molecule has 1 aliphatic heterocycles. The fourth-order valence-electron chi connectivity index (χ4n) is 3.96. The van der Waals surface area contributed by atoms with Gasteiger partial charge in [-0.1, -0.05) is 60.7 Å². The predicted molar refractivity (Wildman–Crippen MR) is 158 cm³/mol. The number of hydrogen-bond donors (Lipinski definition) is 1. The molecule has 0 bridgehead atoms. The smallest absolute Gasteiger partial charge is 0.264 e. The topological polar surface area (TPSA) is 78.4 Å². The van der Waals surface area contributed by atoms with Crippen LogP contribution in [-0.2, 0) is 18.0 Å². The second-order valence-corrected chi connectivity index (χ2v) is 9.81. The quantitative estimate of drug-likeness (QED) is 0.219. The van der Waals surface area contributed by atoms with E-state index in [1.807, 2.05) is 97.1 Å². The Morgan fingerprint density at radius 1 is 0.725 bits per heavy atom. The van der Waals surface area contributed by atoms with Crippen molar-refractivity contribution in [2.24, 2.45) is 4.99 Å². The summed E-state index contributed by atoms with van der Waals surface area (Å²) in [5, 5.41) is 3.35. The van der Waals surface area contributed by atoms with Crippen LogP contribution in [0.3, 0.4) is 0 Å². The van der Waals surface area contributed by atoms with Crippen molar-refractivity contribution < 1.29 is 23.7 Å². The molecule has 1 amide bonds. The average molecular weight is 553 g/mol. The number of amidine groups is 1. The molecule has 1 saturated heterocycles. The van der Waals surface area contributed by atoms with E-state index in [4.69, 9.17) is 18.9 Å². The molecule has 0 aromatic heterocycles. The van der Waals surface area contributed by atoms with E-state index in [-0.39, 0.29) is 5.91 Å². The Labute approximate surface area is 237 Å². The summed E-state index contributed by atoms with van der Waals surface area (Å²) in [6, 6.07) is 30.7. The monoisotopic (exact) mass is 552 g/mol. The van der Waals surface area contributed by atoms with Crippen LogP contribution in [-0.4, -0.2) is 25.3 Å². The largest absolute Gasteiger partial charge is 0.493 e. The molecule has 0 spiro atoms. The number of benzene rings is 4. The summed E-state index contributed by atoms with van der Waals surface area (Å²) in [7, 11) is 3.20. The number of amides is 1. The van der Waals surface area contributed by atoms with E-state index in [1.54, 1.807) is 20.3 Å². The lowest BCUT2D eigenvalue weighted by Gasteiger charge is -2.14. The number of nitrogens with zero attached hydrogens (tertiary/aromatic N) is 1. The highest BCUT2D eigenvalue weighted by Gasteiger charge is 2.24. The zero-order valence-corrected chi connectivity index (χ0v) is 22.9. The van der Waals surface area contributed by atoms with Crippen LogP contribution in [0.1, 0.15) is 16.7 Å². The first-order chi connectivity index (χ1) is 19.6. The lowest BCUT2D eigenvalue weighted by molar-refractivity contribution is -0.115. The molecule has 4 aromatic rings. The third-order valence-corrected chi connectivity index (χ3v) is 6.89. The number of carbonyl (C=O) groups excluding carboxylic acids is 1. The summed E-state index contributed by atoms with van der Waals surface area (Å²) < 4.78 is 23.1. The number of hydrogen-bond acceptors (Lipinski definition) is 7. The SMILES string of the molecule is COc1cc(/C=C2/SC(=Nc3ccccc3)NC2=O)ccc1OCc1ccc(OCc2ccccc2)c(OC)c1. The van der Waals surface area contributed by atoms with E-state index in [2.05, 4.69) is 10.3 Å². The van der Waals surface area contributed by atoms with Gasteiger partial charge in [-0.25, -0.2) is 4.99 Å². The Balaban J connectivity index is 1.24. The summed E-state index contributed by atoms with van der Waals surface area (Å²) in [5.74, 6) is 2.25. The molecule has 0 radical (unpaired) electrons. The summed E-state index contributed by atoms with van der Waals surface area (Å²) in [6.45, 7) is 0.762. The van der Waals surface area contributed by atoms with Crippen molar-refractivity contribution in [3.63, 3.8) is 0 Å². The zero-order chi connectivity index (χ0) is 27.7. The van der Waals surface area contributed by atoms with Crippen LogP contribution in [0.4, 0.5) is 5.69 Å². The maximum absolute atomic E-state index is 12.5. The third kappa shape index (κ3) is 6.84. The van der Waals surface area contributed by atoms with E-state index in [1.165, 1.54) is 11.8 Å². The summed E-state index contributed by atoms with van der Waals surface area (Å²) in [5.41, 5.74) is 3.59. The van der Waals surface area contributed by atoms with Crippen LogP contribution in [0, 0.1) is 0 Å². The van der Waals surface area contributed by atoms with Gasteiger partial charge in [0.05, 0.1) is 24.8 Å². The number of thioether (sulfide) groups is 1. The average Bonchev–Trinajstić information content (AvgIpc) is 3.34.